The number of rotatable bonds is 6. The summed E-state index contributed by atoms with van der Waals surface area (Å²) in [4.78, 5) is 36.8. The Labute approximate surface area is 160 Å². The molecule has 1 unspecified atom stereocenters. The number of ether oxygens (including phenoxy) is 1. The molecule has 0 radical (unpaired) electrons. The highest BCUT2D eigenvalue weighted by atomic mass is 19.1. The molecule has 7 nitrogen and oxygen atoms in total. The van der Waals surface area contributed by atoms with E-state index in [0.29, 0.717) is 23.5 Å². The monoisotopic (exact) mass is 386 g/mol. The lowest BCUT2D eigenvalue weighted by atomic mass is 9.89. The maximum atomic E-state index is 13.4. The fourth-order valence-electron chi connectivity index (χ4n) is 3.11. The number of hydrogen-bond donors (Lipinski definition) is 2. The van der Waals surface area contributed by atoms with Gasteiger partial charge >= 0.3 is 5.97 Å². The molecule has 0 aliphatic carbocycles. The zero-order chi connectivity index (χ0) is 20.3. The fourth-order valence-corrected chi connectivity index (χ4v) is 3.11. The van der Waals surface area contributed by atoms with Crippen LogP contribution in [0.2, 0.25) is 0 Å². The number of benzene rings is 2. The smallest absolute Gasteiger partial charge is 0.341 e. The second-order valence-corrected chi connectivity index (χ2v) is 6.56. The molecule has 2 amide bonds. The van der Waals surface area contributed by atoms with Crippen LogP contribution in [0.15, 0.2) is 42.5 Å². The van der Waals surface area contributed by atoms with Crippen molar-refractivity contribution in [3.05, 3.63) is 59.4 Å². The number of amides is 2. The molecule has 0 saturated heterocycles. The van der Waals surface area contributed by atoms with Gasteiger partial charge in [0, 0.05) is 25.7 Å². The lowest BCUT2D eigenvalue weighted by Crippen LogP contribution is -2.36. The molecule has 0 fully saturated rings. The summed E-state index contributed by atoms with van der Waals surface area (Å²) in [7, 11) is 1.63. The molecule has 1 aliphatic rings. The minimum atomic E-state index is -1.06. The Kier molecular flexibility index (Phi) is 5.58. The van der Waals surface area contributed by atoms with Crippen molar-refractivity contribution in [3.8, 4) is 5.75 Å². The van der Waals surface area contributed by atoms with E-state index in [0.717, 1.165) is 5.56 Å². The summed E-state index contributed by atoms with van der Waals surface area (Å²) in [6.07, 6.45) is 0.00374. The van der Waals surface area contributed by atoms with E-state index in [1.165, 1.54) is 23.1 Å². The first-order chi connectivity index (χ1) is 13.3. The molecular formula is C20H19FN2O5. The Balaban J connectivity index is 1.69. The second kappa shape index (κ2) is 8.08. The molecule has 2 N–H and O–H groups in total. The molecule has 2 aromatic rings. The molecular weight excluding hydrogens is 367 g/mol. The topological polar surface area (TPSA) is 95.9 Å². The average molecular weight is 386 g/mol. The Bertz CT molecular complexity index is 913. The maximum Gasteiger partial charge on any atom is 0.341 e. The molecule has 146 valence electrons. The van der Waals surface area contributed by atoms with Crippen molar-refractivity contribution in [2.75, 3.05) is 19.0 Å². The van der Waals surface area contributed by atoms with Crippen LogP contribution < -0.4 is 10.1 Å². The predicted octanol–water partition coefficient (Wildman–Crippen LogP) is 2.37. The first-order valence-electron chi connectivity index (χ1n) is 8.61. The van der Waals surface area contributed by atoms with E-state index < -0.39 is 24.3 Å². The molecule has 1 aliphatic heterocycles. The number of carboxylic acid groups (broad SMARTS) is 1. The van der Waals surface area contributed by atoms with Crippen molar-refractivity contribution in [2.45, 2.75) is 18.9 Å². The van der Waals surface area contributed by atoms with Crippen LogP contribution in [0.5, 0.6) is 5.75 Å². The summed E-state index contributed by atoms with van der Waals surface area (Å²) in [6.45, 7) is -0.131. The van der Waals surface area contributed by atoms with Crippen LogP contribution in [0, 0.1) is 5.82 Å². The van der Waals surface area contributed by atoms with E-state index in [2.05, 4.69) is 5.32 Å². The number of halogens is 1. The zero-order valence-electron chi connectivity index (χ0n) is 15.1. The van der Waals surface area contributed by atoms with Crippen LogP contribution in [0.3, 0.4) is 0 Å². The summed E-state index contributed by atoms with van der Waals surface area (Å²) in [5.41, 5.74) is 1.73. The third-order valence-corrected chi connectivity index (χ3v) is 4.43. The van der Waals surface area contributed by atoms with Crippen molar-refractivity contribution in [2.24, 2.45) is 0 Å². The van der Waals surface area contributed by atoms with Gasteiger partial charge in [-0.1, -0.05) is 18.2 Å². The molecule has 1 atom stereocenters. The number of anilines is 1. The number of carbonyl (C=O) groups excluding carboxylic acids is 2. The van der Waals surface area contributed by atoms with E-state index in [-0.39, 0.29) is 18.2 Å². The molecule has 0 saturated carbocycles. The lowest BCUT2D eigenvalue weighted by molar-refractivity contribution is -0.139. The third-order valence-electron chi connectivity index (χ3n) is 4.43. The molecule has 28 heavy (non-hydrogen) atoms. The van der Waals surface area contributed by atoms with Gasteiger partial charge in [-0.15, -0.1) is 0 Å². The standard InChI is InChI=1S/C20H19FN2O5/c1-23(10-12-2-5-14(6-3-12)28-11-19(25)26)20(27)16-9-18(24)22-17-8-13(21)4-7-15(16)17/h2-8,16H,9-11H2,1H3,(H,22,24)(H,25,26). The zero-order valence-corrected chi connectivity index (χ0v) is 15.1. The van der Waals surface area contributed by atoms with Crippen LogP contribution in [0.1, 0.15) is 23.5 Å². The fraction of sp³-hybridized carbons (Fsp3) is 0.250. The largest absolute Gasteiger partial charge is 0.482 e. The highest BCUT2D eigenvalue weighted by Crippen LogP contribution is 2.34. The van der Waals surface area contributed by atoms with Gasteiger partial charge in [0.05, 0.1) is 5.92 Å². The van der Waals surface area contributed by atoms with Crippen LogP contribution in [0.4, 0.5) is 10.1 Å². The van der Waals surface area contributed by atoms with Gasteiger partial charge in [0.1, 0.15) is 11.6 Å². The minimum Gasteiger partial charge on any atom is -0.482 e. The second-order valence-electron chi connectivity index (χ2n) is 6.56. The van der Waals surface area contributed by atoms with Crippen LogP contribution in [-0.2, 0) is 20.9 Å². The summed E-state index contributed by atoms with van der Waals surface area (Å²) in [5, 5.41) is 11.2. The van der Waals surface area contributed by atoms with Crippen molar-refractivity contribution in [1.82, 2.24) is 4.90 Å². The van der Waals surface area contributed by atoms with Crippen LogP contribution in [0.25, 0.3) is 0 Å². The van der Waals surface area contributed by atoms with Gasteiger partial charge in [-0.3, -0.25) is 9.59 Å². The van der Waals surface area contributed by atoms with E-state index in [9.17, 15) is 18.8 Å². The lowest BCUT2D eigenvalue weighted by Gasteiger charge is -2.28. The first-order valence-corrected chi connectivity index (χ1v) is 8.61. The minimum absolute atomic E-state index is 0.00374. The van der Waals surface area contributed by atoms with Crippen molar-refractivity contribution >= 4 is 23.5 Å². The van der Waals surface area contributed by atoms with Gasteiger partial charge < -0.3 is 20.1 Å². The molecule has 0 spiro atoms. The Morgan fingerprint density at radius 1 is 1.25 bits per heavy atom. The van der Waals surface area contributed by atoms with Crippen molar-refractivity contribution in [3.63, 3.8) is 0 Å². The highest BCUT2D eigenvalue weighted by Gasteiger charge is 2.32. The van der Waals surface area contributed by atoms with Crippen molar-refractivity contribution < 1.29 is 28.6 Å². The summed E-state index contributed by atoms with van der Waals surface area (Å²) >= 11 is 0. The number of carboxylic acids is 1. The van der Waals surface area contributed by atoms with Gasteiger partial charge in [0.2, 0.25) is 11.8 Å². The summed E-state index contributed by atoms with van der Waals surface area (Å²) in [5.74, 6) is -2.37. The summed E-state index contributed by atoms with van der Waals surface area (Å²) in [6, 6.07) is 10.7. The molecule has 2 aromatic carbocycles. The molecule has 1 heterocycles. The van der Waals surface area contributed by atoms with E-state index >= 15 is 0 Å². The maximum absolute atomic E-state index is 13.4. The number of likely N-dealkylation sites (N-methyl/N-ethyl adjacent to an activating group) is 1. The molecule has 3 rings (SSSR count). The van der Waals surface area contributed by atoms with Gasteiger partial charge in [-0.25, -0.2) is 9.18 Å². The highest BCUT2D eigenvalue weighted by molar-refractivity contribution is 6.01. The predicted molar refractivity (Wildman–Crippen MR) is 98.4 cm³/mol. The number of hydrogen-bond acceptors (Lipinski definition) is 4. The first kappa shape index (κ1) is 19.3. The van der Waals surface area contributed by atoms with Crippen molar-refractivity contribution in [1.29, 1.82) is 0 Å². The third kappa shape index (κ3) is 4.46. The number of aliphatic carboxylic acids is 1. The number of carbonyl (C=O) groups is 3. The van der Waals surface area contributed by atoms with Crippen LogP contribution >= 0.6 is 0 Å². The number of fused-ring (bicyclic) bond motifs is 1. The average Bonchev–Trinajstić information content (AvgIpc) is 2.65. The van der Waals surface area contributed by atoms with Gasteiger partial charge in [-0.05, 0) is 35.4 Å². The normalized spacial score (nSPS) is 15.4. The van der Waals surface area contributed by atoms with Gasteiger partial charge in [0.15, 0.2) is 6.61 Å². The molecule has 8 heteroatoms. The summed E-state index contributed by atoms with van der Waals surface area (Å²) < 4.78 is 18.5. The van der Waals surface area contributed by atoms with Gasteiger partial charge in [0.25, 0.3) is 0 Å². The number of nitrogens with one attached hydrogen (secondary N) is 1. The van der Waals surface area contributed by atoms with E-state index in [4.69, 9.17) is 9.84 Å². The van der Waals surface area contributed by atoms with E-state index in [1.807, 2.05) is 0 Å². The van der Waals surface area contributed by atoms with Crippen LogP contribution in [-0.4, -0.2) is 41.4 Å². The number of nitrogens with zero attached hydrogens (tertiary/aromatic N) is 1. The molecule has 0 aromatic heterocycles. The Morgan fingerprint density at radius 3 is 2.64 bits per heavy atom. The Morgan fingerprint density at radius 2 is 1.96 bits per heavy atom. The SMILES string of the molecule is CN(Cc1ccc(OCC(=O)O)cc1)C(=O)C1CC(=O)Nc2cc(F)ccc21. The molecule has 0 bridgehead atoms. The van der Waals surface area contributed by atoms with E-state index in [1.54, 1.807) is 31.3 Å². The van der Waals surface area contributed by atoms with Gasteiger partial charge in [-0.2, -0.15) is 0 Å². The Hall–Kier alpha value is -3.42. The quantitative estimate of drug-likeness (QED) is 0.795.